The van der Waals surface area contributed by atoms with E-state index in [1.807, 2.05) is 0 Å². The number of rotatable bonds is 2. The van der Waals surface area contributed by atoms with Gasteiger partial charge in [-0.3, -0.25) is 14.7 Å². The molecule has 0 spiro atoms. The third-order valence-corrected chi connectivity index (χ3v) is 4.70. The monoisotopic (exact) mass is 400 g/mol. The number of nitrogens with one attached hydrogen (secondary N) is 1. The van der Waals surface area contributed by atoms with Crippen LogP contribution in [0.3, 0.4) is 0 Å². The zero-order chi connectivity index (χ0) is 20.9. The Morgan fingerprint density at radius 2 is 1.66 bits per heavy atom. The number of hydrogen-bond donors (Lipinski definition) is 1. The Labute approximate surface area is 161 Å². The third-order valence-electron chi connectivity index (χ3n) is 4.70. The summed E-state index contributed by atoms with van der Waals surface area (Å²) >= 11 is 0. The summed E-state index contributed by atoms with van der Waals surface area (Å²) in [5, 5.41) is 2.89. The molecule has 4 rings (SSSR count). The van der Waals surface area contributed by atoms with Gasteiger partial charge in [-0.25, -0.2) is 9.50 Å². The molecule has 9 heteroatoms. The zero-order valence-corrected chi connectivity index (χ0v) is 15.4. The summed E-state index contributed by atoms with van der Waals surface area (Å²) in [4.78, 5) is 29.0. The van der Waals surface area contributed by atoms with Crippen molar-refractivity contribution in [2.75, 3.05) is 0 Å². The second-order valence-corrected chi connectivity index (χ2v) is 6.69. The molecule has 148 valence electrons. The summed E-state index contributed by atoms with van der Waals surface area (Å²) in [5.74, 6) is 0. The van der Waals surface area contributed by atoms with Gasteiger partial charge in [-0.15, -0.1) is 0 Å². The molecule has 1 N–H and O–H groups in total. The van der Waals surface area contributed by atoms with Crippen LogP contribution in [-0.4, -0.2) is 19.2 Å². The molecule has 3 aromatic heterocycles. The molecule has 0 aliphatic carbocycles. The average Bonchev–Trinajstić information content (AvgIpc) is 3.00. The van der Waals surface area contributed by atoms with Gasteiger partial charge in [-0.05, 0) is 30.7 Å². The molecule has 0 radical (unpaired) electrons. The van der Waals surface area contributed by atoms with E-state index in [0.29, 0.717) is 28.1 Å². The van der Waals surface area contributed by atoms with Crippen LogP contribution in [0.2, 0.25) is 0 Å². The van der Waals surface area contributed by atoms with E-state index >= 15 is 0 Å². The van der Waals surface area contributed by atoms with Crippen LogP contribution >= 0.6 is 0 Å². The minimum Gasteiger partial charge on any atom is -0.319 e. The normalized spacial score (nSPS) is 11.9. The molecular formula is C20H15F3N4O2. The Hall–Kier alpha value is -3.62. The number of H-pyrrole nitrogens is 1. The highest BCUT2D eigenvalue weighted by Gasteiger charge is 2.30. The van der Waals surface area contributed by atoms with Crippen LogP contribution in [0.1, 0.15) is 11.3 Å². The van der Waals surface area contributed by atoms with E-state index in [1.165, 1.54) is 33.3 Å². The Morgan fingerprint density at radius 3 is 2.28 bits per heavy atom. The number of aromatic nitrogens is 4. The first-order valence-electron chi connectivity index (χ1n) is 8.62. The number of nitrogens with zero attached hydrogens (tertiary/aromatic N) is 3. The molecule has 4 aromatic rings. The van der Waals surface area contributed by atoms with Crippen LogP contribution in [0, 0.1) is 6.92 Å². The number of aryl methyl sites for hydroxylation is 2. The van der Waals surface area contributed by atoms with E-state index in [-0.39, 0.29) is 11.2 Å². The number of benzene rings is 1. The maximum absolute atomic E-state index is 12.9. The molecule has 0 aliphatic heterocycles. The summed E-state index contributed by atoms with van der Waals surface area (Å²) in [6, 6.07) is 9.00. The van der Waals surface area contributed by atoms with E-state index in [9.17, 15) is 22.8 Å². The van der Waals surface area contributed by atoms with Crippen LogP contribution in [-0.2, 0) is 13.2 Å². The molecule has 0 atom stereocenters. The van der Waals surface area contributed by atoms with Crippen molar-refractivity contribution in [3.8, 4) is 22.4 Å². The van der Waals surface area contributed by atoms with Gasteiger partial charge in [0.05, 0.1) is 11.3 Å². The summed E-state index contributed by atoms with van der Waals surface area (Å²) in [5.41, 5.74) is 1.23. The van der Waals surface area contributed by atoms with Crippen LogP contribution < -0.4 is 11.1 Å². The highest BCUT2D eigenvalue weighted by molar-refractivity contribution is 5.81. The lowest BCUT2D eigenvalue weighted by molar-refractivity contribution is -0.137. The van der Waals surface area contributed by atoms with Gasteiger partial charge in [-0.2, -0.15) is 13.2 Å². The van der Waals surface area contributed by atoms with Crippen LogP contribution in [0.25, 0.3) is 28.0 Å². The summed E-state index contributed by atoms with van der Waals surface area (Å²) in [6.07, 6.45) is -2.87. The molecule has 1 aromatic carbocycles. The fourth-order valence-electron chi connectivity index (χ4n) is 3.18. The Balaban J connectivity index is 1.92. The van der Waals surface area contributed by atoms with Crippen molar-refractivity contribution in [2.24, 2.45) is 7.05 Å². The summed E-state index contributed by atoms with van der Waals surface area (Å²) in [6.45, 7) is 1.71. The number of halogens is 3. The molecule has 0 amide bonds. The van der Waals surface area contributed by atoms with E-state index < -0.39 is 17.3 Å². The van der Waals surface area contributed by atoms with Crippen molar-refractivity contribution in [3.63, 3.8) is 0 Å². The molecule has 6 nitrogen and oxygen atoms in total. The molecule has 29 heavy (non-hydrogen) atoms. The Bertz CT molecular complexity index is 1350. The van der Waals surface area contributed by atoms with Crippen molar-refractivity contribution >= 4 is 5.65 Å². The van der Waals surface area contributed by atoms with E-state index in [0.717, 1.165) is 12.1 Å². The summed E-state index contributed by atoms with van der Waals surface area (Å²) in [7, 11) is 1.61. The number of fused-ring (bicyclic) bond motifs is 1. The van der Waals surface area contributed by atoms with Gasteiger partial charge < -0.3 is 4.57 Å². The second kappa shape index (κ2) is 6.47. The zero-order valence-electron chi connectivity index (χ0n) is 15.4. The highest BCUT2D eigenvalue weighted by Crippen LogP contribution is 2.33. The van der Waals surface area contributed by atoms with Crippen molar-refractivity contribution in [2.45, 2.75) is 13.1 Å². The van der Waals surface area contributed by atoms with Crippen molar-refractivity contribution in [3.05, 3.63) is 80.6 Å². The quantitative estimate of drug-likeness (QED) is 0.561. The topological polar surface area (TPSA) is 72.2 Å². The predicted octanol–water partition coefficient (Wildman–Crippen LogP) is 3.38. The number of aromatic amines is 1. The number of hydrogen-bond acceptors (Lipinski definition) is 3. The van der Waals surface area contributed by atoms with Crippen LogP contribution in [0.5, 0.6) is 0 Å². The molecule has 0 bridgehead atoms. The Morgan fingerprint density at radius 1 is 0.966 bits per heavy atom. The number of pyridine rings is 1. The van der Waals surface area contributed by atoms with Gasteiger partial charge in [0.2, 0.25) is 0 Å². The Kier molecular flexibility index (Phi) is 4.18. The van der Waals surface area contributed by atoms with Gasteiger partial charge in [-0.1, -0.05) is 12.1 Å². The smallest absolute Gasteiger partial charge is 0.319 e. The lowest BCUT2D eigenvalue weighted by atomic mass is 10.0. The standard InChI is InChI=1S/C20H15F3N4O2/c1-11-18(12-3-5-14(6-4-12)20(21,22)23)19-24-15(10-17(29)27(19)25-11)13-7-8-26(2)16(28)9-13/h3-10,25H,1-2H3. The van der Waals surface area contributed by atoms with E-state index in [1.54, 1.807) is 26.2 Å². The molecule has 0 unspecified atom stereocenters. The molecule has 0 saturated carbocycles. The lowest BCUT2D eigenvalue weighted by Gasteiger charge is -2.08. The largest absolute Gasteiger partial charge is 0.416 e. The minimum absolute atomic E-state index is 0.252. The van der Waals surface area contributed by atoms with Gasteiger partial charge in [0.15, 0.2) is 5.65 Å². The van der Waals surface area contributed by atoms with Gasteiger partial charge in [0, 0.05) is 42.2 Å². The molecule has 0 aliphatic rings. The first-order valence-corrected chi connectivity index (χ1v) is 8.62. The third kappa shape index (κ3) is 3.24. The first kappa shape index (κ1) is 18.7. The summed E-state index contributed by atoms with van der Waals surface area (Å²) < 4.78 is 41.2. The van der Waals surface area contributed by atoms with Crippen molar-refractivity contribution in [1.29, 1.82) is 0 Å². The highest BCUT2D eigenvalue weighted by atomic mass is 19.4. The fourth-order valence-corrected chi connectivity index (χ4v) is 3.18. The maximum atomic E-state index is 12.9. The predicted molar refractivity (Wildman–Crippen MR) is 102 cm³/mol. The number of alkyl halides is 3. The molecular weight excluding hydrogens is 385 g/mol. The van der Waals surface area contributed by atoms with Gasteiger partial charge >= 0.3 is 6.18 Å². The average molecular weight is 400 g/mol. The lowest BCUT2D eigenvalue weighted by Crippen LogP contribution is -2.17. The van der Waals surface area contributed by atoms with Crippen LogP contribution in [0.4, 0.5) is 13.2 Å². The fraction of sp³-hybridized carbons (Fsp3) is 0.150. The van der Waals surface area contributed by atoms with Gasteiger partial charge in [0.1, 0.15) is 0 Å². The molecule has 0 fully saturated rings. The van der Waals surface area contributed by atoms with Crippen molar-refractivity contribution < 1.29 is 13.2 Å². The second-order valence-electron chi connectivity index (χ2n) is 6.69. The first-order chi connectivity index (χ1) is 13.6. The minimum atomic E-state index is -4.43. The molecule has 3 heterocycles. The maximum Gasteiger partial charge on any atom is 0.416 e. The van der Waals surface area contributed by atoms with E-state index in [4.69, 9.17) is 0 Å². The van der Waals surface area contributed by atoms with Gasteiger partial charge in [0.25, 0.3) is 11.1 Å². The van der Waals surface area contributed by atoms with Crippen molar-refractivity contribution in [1.82, 2.24) is 19.2 Å². The SMILES string of the molecule is Cc1[nH]n2c(=O)cc(-c3ccn(C)c(=O)c3)nc2c1-c1ccc(C(F)(F)F)cc1. The van der Waals surface area contributed by atoms with Crippen LogP contribution in [0.15, 0.2) is 58.3 Å². The molecule has 0 saturated heterocycles. The van der Waals surface area contributed by atoms with E-state index in [2.05, 4.69) is 10.1 Å².